The Kier molecular flexibility index (Phi) is 2.28. The molecule has 0 spiro atoms. The van der Waals surface area contributed by atoms with Gasteiger partial charge in [0.1, 0.15) is 5.69 Å². The van der Waals surface area contributed by atoms with Gasteiger partial charge in [0.2, 0.25) is 0 Å². The Morgan fingerprint density at radius 3 is 2.91 bits per heavy atom. The first kappa shape index (κ1) is 7.81. The first-order valence-corrected chi connectivity index (χ1v) is 2.98. The normalized spacial score (nSPS) is 9.64. The molecule has 1 aromatic rings. The van der Waals surface area contributed by atoms with Gasteiger partial charge < -0.3 is 5.11 Å². The number of carbonyl (C=O) groups is 1. The van der Waals surface area contributed by atoms with E-state index in [2.05, 4.69) is 4.98 Å². The average Bonchev–Trinajstić information content (AvgIpc) is 2.04. The van der Waals surface area contributed by atoms with Gasteiger partial charge in [-0.2, -0.15) is 0 Å². The number of pyridine rings is 1. The van der Waals surface area contributed by atoms with Crippen LogP contribution in [0.15, 0.2) is 12.3 Å². The van der Waals surface area contributed by atoms with E-state index in [-0.39, 0.29) is 12.3 Å². The third kappa shape index (κ3) is 1.59. The quantitative estimate of drug-likeness (QED) is 0.633. The Morgan fingerprint density at radius 1 is 1.73 bits per heavy atom. The summed E-state index contributed by atoms with van der Waals surface area (Å²) in [6.07, 6.45) is 1.59. The van der Waals surface area contributed by atoms with Crippen LogP contribution in [0.2, 0.25) is 0 Å². The second-order valence-corrected chi connectivity index (χ2v) is 1.99. The summed E-state index contributed by atoms with van der Waals surface area (Å²) in [7, 11) is 0. The highest BCUT2D eigenvalue weighted by Gasteiger charge is 2.02. The van der Waals surface area contributed by atoms with Crippen molar-refractivity contribution < 1.29 is 14.3 Å². The zero-order valence-electron chi connectivity index (χ0n) is 5.62. The van der Waals surface area contributed by atoms with Gasteiger partial charge in [0.05, 0.1) is 6.61 Å². The number of carbonyl (C=O) groups excluding carboxylic acids is 1. The van der Waals surface area contributed by atoms with Gasteiger partial charge in [0, 0.05) is 6.20 Å². The number of aldehydes is 1. The molecule has 0 unspecified atom stereocenters. The molecular weight excluding hydrogens is 149 g/mol. The molecule has 0 saturated carbocycles. The summed E-state index contributed by atoms with van der Waals surface area (Å²) in [4.78, 5) is 13.5. The molecule has 1 aromatic heterocycles. The largest absolute Gasteiger partial charge is 0.392 e. The first-order valence-electron chi connectivity index (χ1n) is 2.98. The molecule has 11 heavy (non-hydrogen) atoms. The van der Waals surface area contributed by atoms with Crippen molar-refractivity contribution in [2.24, 2.45) is 0 Å². The van der Waals surface area contributed by atoms with Crippen molar-refractivity contribution in [1.29, 1.82) is 0 Å². The fraction of sp³-hybridized carbons (Fsp3) is 0.143. The minimum atomic E-state index is -0.702. The minimum absolute atomic E-state index is 0.234. The molecule has 3 nitrogen and oxygen atoms in total. The second-order valence-electron chi connectivity index (χ2n) is 1.99. The van der Waals surface area contributed by atoms with Gasteiger partial charge in [-0.15, -0.1) is 0 Å². The smallest absolute Gasteiger partial charge is 0.171 e. The molecule has 58 valence electrons. The standard InChI is InChI=1S/C7H6FNO2/c8-6-1-5(3-10)2-9-7(6)4-11/h1-2,4,10H,3H2. The predicted molar refractivity (Wildman–Crippen MR) is 35.5 cm³/mol. The highest BCUT2D eigenvalue weighted by Crippen LogP contribution is 2.04. The fourth-order valence-corrected chi connectivity index (χ4v) is 0.661. The van der Waals surface area contributed by atoms with E-state index in [0.717, 1.165) is 6.07 Å². The number of aliphatic hydroxyl groups excluding tert-OH is 1. The van der Waals surface area contributed by atoms with Gasteiger partial charge in [-0.1, -0.05) is 0 Å². The molecule has 0 bridgehead atoms. The number of rotatable bonds is 2. The van der Waals surface area contributed by atoms with Gasteiger partial charge in [-0.3, -0.25) is 4.79 Å². The lowest BCUT2D eigenvalue weighted by atomic mass is 10.2. The predicted octanol–water partition coefficient (Wildman–Crippen LogP) is 0.526. The Hall–Kier alpha value is -1.29. The molecule has 0 amide bonds. The topological polar surface area (TPSA) is 50.2 Å². The van der Waals surface area contributed by atoms with Gasteiger partial charge >= 0.3 is 0 Å². The number of hydrogen-bond acceptors (Lipinski definition) is 3. The molecule has 1 rings (SSSR count). The summed E-state index contributed by atoms with van der Waals surface area (Å²) in [5, 5.41) is 8.53. The van der Waals surface area contributed by atoms with Gasteiger partial charge in [-0.05, 0) is 11.6 Å². The van der Waals surface area contributed by atoms with Gasteiger partial charge in [-0.25, -0.2) is 9.37 Å². The van der Waals surface area contributed by atoms with E-state index in [1.54, 1.807) is 0 Å². The van der Waals surface area contributed by atoms with Crippen LogP contribution in [0.25, 0.3) is 0 Å². The zero-order valence-corrected chi connectivity index (χ0v) is 5.62. The molecule has 0 fully saturated rings. The number of aromatic nitrogens is 1. The SMILES string of the molecule is O=Cc1ncc(CO)cc1F. The maximum atomic E-state index is 12.6. The number of aliphatic hydroxyl groups is 1. The third-order valence-corrected chi connectivity index (χ3v) is 1.22. The van der Waals surface area contributed by atoms with E-state index >= 15 is 0 Å². The van der Waals surface area contributed by atoms with Crippen molar-refractivity contribution >= 4 is 6.29 Å². The average molecular weight is 155 g/mol. The number of nitrogens with zero attached hydrogens (tertiary/aromatic N) is 1. The first-order chi connectivity index (χ1) is 5.27. The van der Waals surface area contributed by atoms with Gasteiger partial charge in [0.25, 0.3) is 0 Å². The molecule has 0 radical (unpaired) electrons. The Balaban J connectivity index is 3.09. The Morgan fingerprint density at radius 2 is 2.45 bits per heavy atom. The molecule has 1 N–H and O–H groups in total. The van der Waals surface area contributed by atoms with E-state index in [4.69, 9.17) is 5.11 Å². The molecule has 0 aliphatic carbocycles. The fourth-order valence-electron chi connectivity index (χ4n) is 0.661. The van der Waals surface area contributed by atoms with Crippen LogP contribution in [0.3, 0.4) is 0 Å². The number of hydrogen-bond donors (Lipinski definition) is 1. The third-order valence-electron chi connectivity index (χ3n) is 1.22. The lowest BCUT2D eigenvalue weighted by Gasteiger charge is -1.96. The van der Waals surface area contributed by atoms with E-state index in [1.165, 1.54) is 6.20 Å². The van der Waals surface area contributed by atoms with E-state index in [0.29, 0.717) is 11.8 Å². The van der Waals surface area contributed by atoms with Crippen molar-refractivity contribution in [2.75, 3.05) is 0 Å². The molecule has 4 heteroatoms. The van der Waals surface area contributed by atoms with E-state index < -0.39 is 5.82 Å². The molecule has 0 saturated heterocycles. The summed E-state index contributed by atoms with van der Waals surface area (Å²) in [5.41, 5.74) is 0.121. The van der Waals surface area contributed by atoms with Crippen LogP contribution in [-0.4, -0.2) is 16.4 Å². The molecule has 1 heterocycles. The number of halogens is 1. The molecule has 0 aliphatic heterocycles. The maximum Gasteiger partial charge on any atom is 0.171 e. The van der Waals surface area contributed by atoms with Crippen molar-refractivity contribution in [3.63, 3.8) is 0 Å². The summed E-state index contributed by atoms with van der Waals surface area (Å²) in [6.45, 7) is -0.275. The monoisotopic (exact) mass is 155 g/mol. The molecule has 0 aromatic carbocycles. The lowest BCUT2D eigenvalue weighted by Crippen LogP contribution is -1.95. The van der Waals surface area contributed by atoms with Crippen LogP contribution in [0.1, 0.15) is 16.1 Å². The second kappa shape index (κ2) is 3.21. The highest BCUT2D eigenvalue weighted by atomic mass is 19.1. The van der Waals surface area contributed by atoms with Crippen LogP contribution >= 0.6 is 0 Å². The summed E-state index contributed by atoms with van der Waals surface area (Å²) in [6, 6.07) is 1.08. The van der Waals surface area contributed by atoms with Crippen LogP contribution in [0, 0.1) is 5.82 Å². The highest BCUT2D eigenvalue weighted by molar-refractivity contribution is 5.71. The molecular formula is C7H6FNO2. The van der Waals surface area contributed by atoms with Crippen molar-refractivity contribution in [1.82, 2.24) is 4.98 Å². The van der Waals surface area contributed by atoms with Gasteiger partial charge in [0.15, 0.2) is 12.1 Å². The summed E-state index contributed by atoms with van der Waals surface area (Å²) in [5.74, 6) is -0.702. The van der Waals surface area contributed by atoms with E-state index in [9.17, 15) is 9.18 Å². The lowest BCUT2D eigenvalue weighted by molar-refractivity contribution is 0.111. The van der Waals surface area contributed by atoms with Crippen LogP contribution in [0.5, 0.6) is 0 Å². The Labute approximate surface area is 62.5 Å². The summed E-state index contributed by atoms with van der Waals surface area (Å²) >= 11 is 0. The minimum Gasteiger partial charge on any atom is -0.392 e. The summed E-state index contributed by atoms with van der Waals surface area (Å²) < 4.78 is 12.6. The zero-order chi connectivity index (χ0) is 8.27. The van der Waals surface area contributed by atoms with Crippen LogP contribution in [0.4, 0.5) is 4.39 Å². The molecule has 0 aliphatic rings. The van der Waals surface area contributed by atoms with E-state index in [1.807, 2.05) is 0 Å². The van der Waals surface area contributed by atoms with Crippen LogP contribution < -0.4 is 0 Å². The molecule has 0 atom stereocenters. The van der Waals surface area contributed by atoms with Crippen molar-refractivity contribution in [2.45, 2.75) is 6.61 Å². The Bertz CT molecular complexity index is 275. The van der Waals surface area contributed by atoms with Crippen LogP contribution in [-0.2, 0) is 6.61 Å². The van der Waals surface area contributed by atoms with Crippen molar-refractivity contribution in [3.05, 3.63) is 29.3 Å². The van der Waals surface area contributed by atoms with Crippen molar-refractivity contribution in [3.8, 4) is 0 Å². The maximum absolute atomic E-state index is 12.6.